The van der Waals surface area contributed by atoms with Gasteiger partial charge in [-0.3, -0.25) is 4.79 Å². The summed E-state index contributed by atoms with van der Waals surface area (Å²) in [6.45, 7) is 7.44. The van der Waals surface area contributed by atoms with Gasteiger partial charge in [-0.25, -0.2) is 0 Å². The Labute approximate surface area is 105 Å². The molecule has 0 rings (SSSR count). The maximum absolute atomic E-state index is 12.2. The first-order chi connectivity index (χ1) is 8.08. The molecule has 0 aromatic carbocycles. The summed E-state index contributed by atoms with van der Waals surface area (Å²) in [4.78, 5) is 14.1. The molecule has 102 valence electrons. The third kappa shape index (κ3) is 6.03. The van der Waals surface area contributed by atoms with Crippen LogP contribution >= 0.6 is 0 Å². The number of rotatable bonds is 9. The van der Waals surface area contributed by atoms with Crippen LogP contribution in [0.25, 0.3) is 0 Å². The highest BCUT2D eigenvalue weighted by molar-refractivity contribution is 5.81. The van der Waals surface area contributed by atoms with E-state index in [9.17, 15) is 4.79 Å². The van der Waals surface area contributed by atoms with E-state index in [1.54, 1.807) is 7.11 Å². The molecule has 4 nitrogen and oxygen atoms in total. The van der Waals surface area contributed by atoms with E-state index in [4.69, 9.17) is 10.5 Å². The second-order valence-electron chi connectivity index (χ2n) is 4.53. The molecule has 0 radical (unpaired) electrons. The first-order valence-corrected chi connectivity index (χ1v) is 6.63. The molecular weight excluding hydrogens is 216 g/mol. The molecule has 4 heteroatoms. The zero-order valence-corrected chi connectivity index (χ0v) is 11.7. The Morgan fingerprint density at radius 3 is 2.53 bits per heavy atom. The van der Waals surface area contributed by atoms with Crippen LogP contribution < -0.4 is 5.73 Å². The quantitative estimate of drug-likeness (QED) is 0.672. The van der Waals surface area contributed by atoms with Gasteiger partial charge >= 0.3 is 0 Å². The van der Waals surface area contributed by atoms with Gasteiger partial charge in [0.05, 0.1) is 12.6 Å². The Kier molecular flexibility index (Phi) is 9.09. The predicted octanol–water partition coefficient (Wildman–Crippen LogP) is 1.78. The molecule has 0 heterocycles. The molecule has 1 unspecified atom stereocenters. The van der Waals surface area contributed by atoms with Gasteiger partial charge in [0.15, 0.2) is 0 Å². The maximum atomic E-state index is 12.2. The normalized spacial score (nSPS) is 14.4. The van der Waals surface area contributed by atoms with Crippen LogP contribution in [-0.4, -0.2) is 43.2 Å². The van der Waals surface area contributed by atoms with Crippen molar-refractivity contribution in [3.63, 3.8) is 0 Å². The number of unbranched alkanes of at least 4 members (excludes halogenated alkanes) is 1. The van der Waals surface area contributed by atoms with Gasteiger partial charge in [0.2, 0.25) is 5.91 Å². The highest BCUT2D eigenvalue weighted by Gasteiger charge is 2.23. The summed E-state index contributed by atoms with van der Waals surface area (Å²) < 4.78 is 5.04. The van der Waals surface area contributed by atoms with Crippen molar-refractivity contribution in [2.45, 2.75) is 58.5 Å². The van der Waals surface area contributed by atoms with E-state index in [-0.39, 0.29) is 18.0 Å². The van der Waals surface area contributed by atoms with Gasteiger partial charge in [0, 0.05) is 19.7 Å². The van der Waals surface area contributed by atoms with Crippen LogP contribution in [0.15, 0.2) is 0 Å². The Bertz CT molecular complexity index is 210. The molecule has 0 fully saturated rings. The van der Waals surface area contributed by atoms with Crippen LogP contribution in [0.2, 0.25) is 0 Å². The minimum atomic E-state index is -0.360. The maximum Gasteiger partial charge on any atom is 0.239 e. The van der Waals surface area contributed by atoms with Gasteiger partial charge in [-0.05, 0) is 19.8 Å². The van der Waals surface area contributed by atoms with E-state index in [2.05, 4.69) is 20.8 Å². The molecule has 0 saturated carbocycles. The molecule has 17 heavy (non-hydrogen) atoms. The van der Waals surface area contributed by atoms with E-state index in [1.165, 1.54) is 0 Å². The van der Waals surface area contributed by atoms with Crippen LogP contribution in [0.5, 0.6) is 0 Å². The number of nitrogens with zero attached hydrogens (tertiary/aromatic N) is 1. The molecule has 0 aliphatic carbocycles. The fourth-order valence-corrected chi connectivity index (χ4v) is 1.72. The lowest BCUT2D eigenvalue weighted by Gasteiger charge is -2.30. The molecule has 2 atom stereocenters. The van der Waals surface area contributed by atoms with Gasteiger partial charge in [-0.15, -0.1) is 0 Å². The molecule has 0 aliphatic rings. The van der Waals surface area contributed by atoms with Crippen molar-refractivity contribution in [1.29, 1.82) is 0 Å². The van der Waals surface area contributed by atoms with Gasteiger partial charge in [0.25, 0.3) is 0 Å². The third-order valence-electron chi connectivity index (χ3n) is 3.13. The van der Waals surface area contributed by atoms with Gasteiger partial charge in [-0.1, -0.05) is 26.7 Å². The second-order valence-corrected chi connectivity index (χ2v) is 4.53. The summed E-state index contributed by atoms with van der Waals surface area (Å²) in [5.74, 6) is 0.0600. The Morgan fingerprint density at radius 1 is 1.41 bits per heavy atom. The van der Waals surface area contributed by atoms with Crippen LogP contribution in [0.1, 0.15) is 46.5 Å². The minimum absolute atomic E-state index is 0.0600. The molecule has 2 N–H and O–H groups in total. The Balaban J connectivity index is 4.39. The van der Waals surface area contributed by atoms with E-state index >= 15 is 0 Å². The standard InChI is InChI=1S/C13H28N2O2/c1-5-7-8-12(14)13(16)15(9-10-17-4)11(3)6-2/h11-12H,5-10,14H2,1-4H3/t11?,12-/m0/s1. The van der Waals surface area contributed by atoms with E-state index in [0.717, 1.165) is 25.7 Å². The fourth-order valence-electron chi connectivity index (χ4n) is 1.72. The van der Waals surface area contributed by atoms with Gasteiger partial charge in [-0.2, -0.15) is 0 Å². The molecule has 0 aromatic rings. The third-order valence-corrected chi connectivity index (χ3v) is 3.13. The fraction of sp³-hybridized carbons (Fsp3) is 0.923. The van der Waals surface area contributed by atoms with Crippen LogP contribution in [0.4, 0.5) is 0 Å². The number of hydrogen-bond acceptors (Lipinski definition) is 3. The number of ether oxygens (including phenoxy) is 1. The second kappa shape index (κ2) is 9.42. The highest BCUT2D eigenvalue weighted by atomic mass is 16.5. The van der Waals surface area contributed by atoms with E-state index < -0.39 is 0 Å². The molecule has 0 saturated heterocycles. The number of nitrogens with two attached hydrogens (primary N) is 1. The molecule has 0 aromatic heterocycles. The number of amides is 1. The predicted molar refractivity (Wildman–Crippen MR) is 70.8 cm³/mol. The van der Waals surface area contributed by atoms with Crippen molar-refractivity contribution < 1.29 is 9.53 Å². The largest absolute Gasteiger partial charge is 0.383 e. The SMILES string of the molecule is CCCC[C@H](N)C(=O)N(CCOC)C(C)CC. The van der Waals surface area contributed by atoms with Crippen molar-refractivity contribution >= 4 is 5.91 Å². The Hall–Kier alpha value is -0.610. The van der Waals surface area contributed by atoms with Crippen LogP contribution in [0, 0.1) is 0 Å². The number of carbonyl (C=O) groups excluding carboxylic acids is 1. The molecule has 0 bridgehead atoms. The topological polar surface area (TPSA) is 55.6 Å². The zero-order chi connectivity index (χ0) is 13.3. The summed E-state index contributed by atoms with van der Waals surface area (Å²) in [5, 5.41) is 0. The number of hydrogen-bond donors (Lipinski definition) is 1. The summed E-state index contributed by atoms with van der Waals surface area (Å²) in [6, 6.07) is -0.133. The smallest absolute Gasteiger partial charge is 0.239 e. The van der Waals surface area contributed by atoms with E-state index in [1.807, 2.05) is 4.90 Å². The lowest BCUT2D eigenvalue weighted by Crippen LogP contribution is -2.48. The van der Waals surface area contributed by atoms with Crippen LogP contribution in [-0.2, 0) is 9.53 Å². The van der Waals surface area contributed by atoms with Crippen molar-refractivity contribution in [2.75, 3.05) is 20.3 Å². The van der Waals surface area contributed by atoms with E-state index in [0.29, 0.717) is 13.2 Å². The van der Waals surface area contributed by atoms with Gasteiger partial charge < -0.3 is 15.4 Å². The average Bonchev–Trinajstić information content (AvgIpc) is 2.35. The average molecular weight is 244 g/mol. The Morgan fingerprint density at radius 2 is 2.06 bits per heavy atom. The summed E-state index contributed by atoms with van der Waals surface area (Å²) in [5.41, 5.74) is 5.94. The summed E-state index contributed by atoms with van der Waals surface area (Å²) in [7, 11) is 1.65. The lowest BCUT2D eigenvalue weighted by atomic mass is 10.1. The van der Waals surface area contributed by atoms with Crippen molar-refractivity contribution in [1.82, 2.24) is 4.90 Å². The summed E-state index contributed by atoms with van der Waals surface area (Å²) >= 11 is 0. The van der Waals surface area contributed by atoms with Gasteiger partial charge in [0.1, 0.15) is 0 Å². The van der Waals surface area contributed by atoms with Crippen LogP contribution in [0.3, 0.4) is 0 Å². The van der Waals surface area contributed by atoms with Crippen molar-refractivity contribution in [2.24, 2.45) is 5.73 Å². The monoisotopic (exact) mass is 244 g/mol. The minimum Gasteiger partial charge on any atom is -0.383 e. The van der Waals surface area contributed by atoms with Crippen molar-refractivity contribution in [3.8, 4) is 0 Å². The summed E-state index contributed by atoms with van der Waals surface area (Å²) in [6.07, 6.45) is 3.79. The zero-order valence-electron chi connectivity index (χ0n) is 11.7. The first kappa shape index (κ1) is 16.4. The first-order valence-electron chi connectivity index (χ1n) is 6.63. The highest BCUT2D eigenvalue weighted by Crippen LogP contribution is 2.08. The molecule has 0 spiro atoms. The number of carbonyl (C=O) groups is 1. The molecule has 0 aliphatic heterocycles. The lowest BCUT2D eigenvalue weighted by molar-refractivity contribution is -0.135. The molecule has 1 amide bonds. The number of methoxy groups -OCH3 is 1. The van der Waals surface area contributed by atoms with Crippen molar-refractivity contribution in [3.05, 3.63) is 0 Å². The molecular formula is C13H28N2O2.